The zero-order valence-corrected chi connectivity index (χ0v) is 12.4. The molecule has 2 unspecified atom stereocenters. The first kappa shape index (κ1) is 14.8. The van der Waals surface area contributed by atoms with Gasteiger partial charge in [-0.05, 0) is 25.7 Å². The molecule has 1 heterocycles. The highest BCUT2D eigenvalue weighted by atomic mass is 16.3. The van der Waals surface area contributed by atoms with Crippen molar-refractivity contribution in [3.05, 3.63) is 11.4 Å². The molecular formula is C14H24N4O2. The number of nitrogens with one attached hydrogen (secondary N) is 1. The number of nitrogen functional groups attached to an aromatic ring is 1. The molecule has 2 atom stereocenters. The molecule has 1 aromatic heterocycles. The van der Waals surface area contributed by atoms with Gasteiger partial charge in [0.2, 0.25) is 0 Å². The summed E-state index contributed by atoms with van der Waals surface area (Å²) < 4.78 is 1.50. The Kier molecular flexibility index (Phi) is 4.04. The quantitative estimate of drug-likeness (QED) is 0.769. The van der Waals surface area contributed by atoms with Gasteiger partial charge < -0.3 is 16.2 Å². The van der Waals surface area contributed by atoms with E-state index in [0.717, 1.165) is 25.7 Å². The van der Waals surface area contributed by atoms with Crippen LogP contribution < -0.4 is 11.1 Å². The molecule has 0 saturated heterocycles. The van der Waals surface area contributed by atoms with Crippen LogP contribution in [-0.2, 0) is 7.05 Å². The lowest BCUT2D eigenvalue weighted by atomic mass is 9.76. The van der Waals surface area contributed by atoms with Crippen LogP contribution in [0, 0.1) is 12.8 Å². The van der Waals surface area contributed by atoms with Crippen molar-refractivity contribution in [3.63, 3.8) is 0 Å². The normalized spacial score (nSPS) is 26.5. The van der Waals surface area contributed by atoms with E-state index in [0.29, 0.717) is 23.0 Å². The molecule has 1 aliphatic carbocycles. The number of hydrogen-bond donors (Lipinski definition) is 3. The van der Waals surface area contributed by atoms with Gasteiger partial charge in [0.05, 0.1) is 23.5 Å². The smallest absolute Gasteiger partial charge is 0.272 e. The molecule has 1 saturated carbocycles. The molecule has 0 bridgehead atoms. The Morgan fingerprint density at radius 2 is 2.35 bits per heavy atom. The van der Waals surface area contributed by atoms with Gasteiger partial charge in [-0.1, -0.05) is 19.8 Å². The molecule has 0 aromatic carbocycles. The second-order valence-electron chi connectivity index (χ2n) is 6.07. The van der Waals surface area contributed by atoms with Gasteiger partial charge in [-0.3, -0.25) is 9.48 Å². The number of carbonyl (C=O) groups is 1. The number of carbonyl (C=O) groups excluding carboxylic acids is 1. The third-order valence-corrected chi connectivity index (χ3v) is 4.26. The Bertz CT molecular complexity index is 512. The molecule has 0 aliphatic heterocycles. The molecule has 112 valence electrons. The van der Waals surface area contributed by atoms with Crippen LogP contribution in [0.5, 0.6) is 0 Å². The van der Waals surface area contributed by atoms with Crippen molar-refractivity contribution in [3.8, 4) is 0 Å². The molecule has 1 fully saturated rings. The Morgan fingerprint density at radius 1 is 1.65 bits per heavy atom. The van der Waals surface area contributed by atoms with Crippen LogP contribution in [-0.4, -0.2) is 32.9 Å². The maximum atomic E-state index is 12.5. The zero-order valence-electron chi connectivity index (χ0n) is 12.4. The summed E-state index contributed by atoms with van der Waals surface area (Å²) in [7, 11) is 1.70. The van der Waals surface area contributed by atoms with Crippen molar-refractivity contribution in [2.75, 3.05) is 12.3 Å². The van der Waals surface area contributed by atoms with E-state index >= 15 is 0 Å². The monoisotopic (exact) mass is 280 g/mol. The fourth-order valence-corrected chi connectivity index (χ4v) is 3.20. The first-order valence-corrected chi connectivity index (χ1v) is 7.11. The van der Waals surface area contributed by atoms with Crippen LogP contribution in [0.3, 0.4) is 0 Å². The first-order valence-electron chi connectivity index (χ1n) is 7.11. The number of aliphatic hydroxyl groups excluding tert-OH is 1. The summed E-state index contributed by atoms with van der Waals surface area (Å²) in [5, 5.41) is 16.9. The van der Waals surface area contributed by atoms with E-state index < -0.39 is 5.54 Å². The highest BCUT2D eigenvalue weighted by Gasteiger charge is 2.37. The van der Waals surface area contributed by atoms with Gasteiger partial charge in [-0.15, -0.1) is 0 Å². The Hall–Kier alpha value is -1.56. The number of hydrogen-bond acceptors (Lipinski definition) is 4. The molecule has 1 aromatic rings. The van der Waals surface area contributed by atoms with Crippen molar-refractivity contribution >= 4 is 11.6 Å². The second-order valence-corrected chi connectivity index (χ2v) is 6.07. The van der Waals surface area contributed by atoms with Gasteiger partial charge in [-0.2, -0.15) is 5.10 Å². The molecule has 6 nitrogen and oxygen atoms in total. The van der Waals surface area contributed by atoms with Gasteiger partial charge in [-0.25, -0.2) is 0 Å². The van der Waals surface area contributed by atoms with E-state index in [1.807, 2.05) is 0 Å². The average Bonchev–Trinajstić information content (AvgIpc) is 2.63. The summed E-state index contributed by atoms with van der Waals surface area (Å²) in [6.07, 6.45) is 3.76. The molecule has 1 amide bonds. The summed E-state index contributed by atoms with van der Waals surface area (Å²) in [4.78, 5) is 12.5. The Morgan fingerprint density at radius 3 is 2.85 bits per heavy atom. The Labute approximate surface area is 119 Å². The van der Waals surface area contributed by atoms with Crippen LogP contribution in [0.1, 0.15) is 48.8 Å². The number of aliphatic hydroxyl groups is 1. The van der Waals surface area contributed by atoms with E-state index in [9.17, 15) is 9.90 Å². The van der Waals surface area contributed by atoms with Crippen LogP contribution in [0.2, 0.25) is 0 Å². The second kappa shape index (κ2) is 5.44. The maximum Gasteiger partial charge on any atom is 0.272 e. The SMILES string of the molecule is Cc1nn(C)c(C(=O)NC2(CO)CCCC(C)C2)c1N. The van der Waals surface area contributed by atoms with Gasteiger partial charge >= 0.3 is 0 Å². The first-order chi connectivity index (χ1) is 9.38. The van der Waals surface area contributed by atoms with E-state index in [1.54, 1.807) is 14.0 Å². The minimum absolute atomic E-state index is 0.0418. The Balaban J connectivity index is 2.21. The lowest BCUT2D eigenvalue weighted by molar-refractivity contribution is 0.0690. The van der Waals surface area contributed by atoms with E-state index in [1.165, 1.54) is 4.68 Å². The van der Waals surface area contributed by atoms with Crippen molar-refractivity contribution in [1.29, 1.82) is 0 Å². The van der Waals surface area contributed by atoms with Gasteiger partial charge in [0.1, 0.15) is 5.69 Å². The molecule has 6 heteroatoms. The molecule has 4 N–H and O–H groups in total. The van der Waals surface area contributed by atoms with Crippen molar-refractivity contribution < 1.29 is 9.90 Å². The van der Waals surface area contributed by atoms with Crippen molar-refractivity contribution in [1.82, 2.24) is 15.1 Å². The fraction of sp³-hybridized carbons (Fsp3) is 0.714. The highest BCUT2D eigenvalue weighted by molar-refractivity contribution is 5.98. The summed E-state index contributed by atoms with van der Waals surface area (Å²) in [6.45, 7) is 3.88. The van der Waals surface area contributed by atoms with Crippen LogP contribution in [0.4, 0.5) is 5.69 Å². The third kappa shape index (κ3) is 2.65. The summed E-state index contributed by atoms with van der Waals surface area (Å²) in [5.74, 6) is 0.246. The number of anilines is 1. The molecule has 1 aliphatic rings. The van der Waals surface area contributed by atoms with Crippen molar-refractivity contribution in [2.24, 2.45) is 13.0 Å². The van der Waals surface area contributed by atoms with E-state index in [-0.39, 0.29) is 12.5 Å². The number of aryl methyl sites for hydroxylation is 2. The molecule has 0 spiro atoms. The largest absolute Gasteiger partial charge is 0.395 e. The number of nitrogens with two attached hydrogens (primary N) is 1. The number of amides is 1. The lowest BCUT2D eigenvalue weighted by Crippen LogP contribution is -2.54. The van der Waals surface area contributed by atoms with Gasteiger partial charge in [0, 0.05) is 7.05 Å². The molecule has 0 radical (unpaired) electrons. The molecule has 2 rings (SSSR count). The topological polar surface area (TPSA) is 93.2 Å². The highest BCUT2D eigenvalue weighted by Crippen LogP contribution is 2.32. The van der Waals surface area contributed by atoms with E-state index in [2.05, 4.69) is 17.3 Å². The standard InChI is InChI=1S/C14H24N4O2/c1-9-5-4-6-14(7-9,8-19)16-13(20)12-11(15)10(2)17-18(12)3/h9,19H,4-8,15H2,1-3H3,(H,16,20). The maximum absolute atomic E-state index is 12.5. The number of rotatable bonds is 3. The minimum atomic E-state index is -0.528. The zero-order chi connectivity index (χ0) is 14.9. The average molecular weight is 280 g/mol. The number of nitrogens with zero attached hydrogens (tertiary/aromatic N) is 2. The summed E-state index contributed by atoms with van der Waals surface area (Å²) in [6, 6.07) is 0. The summed E-state index contributed by atoms with van der Waals surface area (Å²) in [5.41, 5.74) is 6.81. The number of aromatic nitrogens is 2. The minimum Gasteiger partial charge on any atom is -0.395 e. The summed E-state index contributed by atoms with van der Waals surface area (Å²) >= 11 is 0. The van der Waals surface area contributed by atoms with Crippen LogP contribution in [0.25, 0.3) is 0 Å². The van der Waals surface area contributed by atoms with Gasteiger partial charge in [0.25, 0.3) is 5.91 Å². The van der Waals surface area contributed by atoms with Crippen LogP contribution >= 0.6 is 0 Å². The lowest BCUT2D eigenvalue weighted by Gasteiger charge is -2.39. The van der Waals surface area contributed by atoms with Crippen molar-refractivity contribution in [2.45, 2.75) is 45.1 Å². The third-order valence-electron chi connectivity index (χ3n) is 4.26. The van der Waals surface area contributed by atoms with E-state index in [4.69, 9.17) is 5.73 Å². The molecule has 20 heavy (non-hydrogen) atoms. The predicted molar refractivity (Wildman–Crippen MR) is 77.3 cm³/mol. The van der Waals surface area contributed by atoms with Crippen LogP contribution in [0.15, 0.2) is 0 Å². The predicted octanol–water partition coefficient (Wildman–Crippen LogP) is 0.982. The van der Waals surface area contributed by atoms with Gasteiger partial charge in [0.15, 0.2) is 0 Å². The fourth-order valence-electron chi connectivity index (χ4n) is 3.20. The molecular weight excluding hydrogens is 256 g/mol.